The Kier molecular flexibility index (Phi) is 4.42. The number of aromatic nitrogens is 3. The zero-order valence-electron chi connectivity index (χ0n) is 14.0. The van der Waals surface area contributed by atoms with Gasteiger partial charge in [0.2, 0.25) is 0 Å². The molecule has 2 aromatic rings. The van der Waals surface area contributed by atoms with Gasteiger partial charge < -0.3 is 14.6 Å². The van der Waals surface area contributed by atoms with Gasteiger partial charge in [0.1, 0.15) is 6.54 Å². The number of aryl methyl sites for hydroxylation is 1. The first-order chi connectivity index (χ1) is 11.5. The van der Waals surface area contributed by atoms with Crippen molar-refractivity contribution in [2.24, 2.45) is 7.05 Å². The Morgan fingerprint density at radius 2 is 2.17 bits per heavy atom. The molecule has 3 rings (SSSR count). The van der Waals surface area contributed by atoms with Crippen LogP contribution in [0.1, 0.15) is 40.5 Å². The average molecular weight is 330 g/mol. The molecule has 1 N–H and O–H groups in total. The molecule has 0 aromatic carbocycles. The lowest BCUT2D eigenvalue weighted by Crippen LogP contribution is -2.40. The topological polar surface area (TPSA) is 80.4 Å². The van der Waals surface area contributed by atoms with Gasteiger partial charge in [0.05, 0.1) is 5.56 Å². The smallest absolute Gasteiger partial charge is 0.325 e. The Morgan fingerprint density at radius 3 is 2.83 bits per heavy atom. The Bertz CT molecular complexity index is 762. The number of carboxylic acid groups (broad SMARTS) is 1. The van der Waals surface area contributed by atoms with Crippen LogP contribution >= 0.6 is 0 Å². The predicted molar refractivity (Wildman–Crippen MR) is 87.9 cm³/mol. The fraction of sp³-hybridized carbons (Fsp3) is 0.471. The summed E-state index contributed by atoms with van der Waals surface area (Å²) in [6.07, 6.45) is 5.36. The van der Waals surface area contributed by atoms with Gasteiger partial charge in [0.25, 0.3) is 5.91 Å². The van der Waals surface area contributed by atoms with Crippen molar-refractivity contribution in [2.75, 3.05) is 13.1 Å². The molecule has 0 spiro atoms. The van der Waals surface area contributed by atoms with Gasteiger partial charge in [0, 0.05) is 49.8 Å². The lowest BCUT2D eigenvalue weighted by molar-refractivity contribution is -0.137. The van der Waals surface area contributed by atoms with Crippen LogP contribution in [0.15, 0.2) is 24.5 Å². The van der Waals surface area contributed by atoms with Crippen molar-refractivity contribution in [3.8, 4) is 0 Å². The van der Waals surface area contributed by atoms with E-state index in [2.05, 4.69) is 5.10 Å². The number of rotatable bonds is 4. The standard InChI is InChI=1S/C17H22N4O3/c1-12-14(6-9-19(12)2)17(24)20-8-3-4-13(10-20)15-5-7-18-21(15)11-16(22)23/h5-7,9,13H,3-4,8,10-11H2,1-2H3,(H,22,23). The van der Waals surface area contributed by atoms with Gasteiger partial charge in [0.15, 0.2) is 0 Å². The summed E-state index contributed by atoms with van der Waals surface area (Å²) in [5, 5.41) is 13.1. The molecule has 1 aliphatic rings. The Balaban J connectivity index is 1.77. The third-order valence-corrected chi connectivity index (χ3v) is 4.78. The normalized spacial score (nSPS) is 17.9. The van der Waals surface area contributed by atoms with Crippen LogP contribution < -0.4 is 0 Å². The van der Waals surface area contributed by atoms with Crippen LogP contribution in [0.2, 0.25) is 0 Å². The van der Waals surface area contributed by atoms with Crippen LogP contribution in [0, 0.1) is 6.92 Å². The van der Waals surface area contributed by atoms with E-state index in [-0.39, 0.29) is 18.4 Å². The monoisotopic (exact) mass is 330 g/mol. The van der Waals surface area contributed by atoms with E-state index in [1.165, 1.54) is 4.68 Å². The van der Waals surface area contributed by atoms with Crippen molar-refractivity contribution in [1.29, 1.82) is 0 Å². The van der Waals surface area contributed by atoms with Gasteiger partial charge in [-0.2, -0.15) is 5.10 Å². The minimum absolute atomic E-state index is 0.0436. The summed E-state index contributed by atoms with van der Waals surface area (Å²) in [5.74, 6) is -0.751. The lowest BCUT2D eigenvalue weighted by atomic mass is 9.94. The molecule has 0 bridgehead atoms. The largest absolute Gasteiger partial charge is 0.480 e. The SMILES string of the molecule is Cc1c(C(=O)N2CCCC(c3ccnn3CC(=O)O)C2)ccn1C. The Morgan fingerprint density at radius 1 is 1.38 bits per heavy atom. The summed E-state index contributed by atoms with van der Waals surface area (Å²) in [6, 6.07) is 3.71. The molecular formula is C17H22N4O3. The second kappa shape index (κ2) is 6.51. The van der Waals surface area contributed by atoms with Gasteiger partial charge in [-0.05, 0) is 31.9 Å². The van der Waals surface area contributed by atoms with Gasteiger partial charge in [-0.25, -0.2) is 0 Å². The number of piperidine rings is 1. The minimum Gasteiger partial charge on any atom is -0.480 e. The molecule has 2 aromatic heterocycles. The number of hydrogen-bond acceptors (Lipinski definition) is 3. The first-order valence-corrected chi connectivity index (χ1v) is 8.12. The second-order valence-corrected chi connectivity index (χ2v) is 6.32. The Labute approximate surface area is 140 Å². The maximum atomic E-state index is 12.8. The van der Waals surface area contributed by atoms with Crippen molar-refractivity contribution in [3.05, 3.63) is 41.5 Å². The van der Waals surface area contributed by atoms with Gasteiger partial charge >= 0.3 is 5.97 Å². The molecule has 1 atom stereocenters. The highest BCUT2D eigenvalue weighted by Crippen LogP contribution is 2.28. The number of carboxylic acids is 1. The molecule has 1 unspecified atom stereocenters. The third kappa shape index (κ3) is 3.06. The van der Waals surface area contributed by atoms with Crippen LogP contribution in [0.3, 0.4) is 0 Å². The molecule has 0 radical (unpaired) electrons. The van der Waals surface area contributed by atoms with E-state index in [0.717, 1.165) is 36.3 Å². The van der Waals surface area contributed by atoms with E-state index < -0.39 is 5.97 Å². The number of carbonyl (C=O) groups is 2. The van der Waals surface area contributed by atoms with Crippen LogP contribution in [0.4, 0.5) is 0 Å². The zero-order chi connectivity index (χ0) is 17.3. The molecule has 128 valence electrons. The first kappa shape index (κ1) is 16.3. The molecule has 1 aliphatic heterocycles. The number of amides is 1. The molecule has 0 saturated carbocycles. The lowest BCUT2D eigenvalue weighted by Gasteiger charge is -2.33. The summed E-state index contributed by atoms with van der Waals surface area (Å²) < 4.78 is 3.46. The Hall–Kier alpha value is -2.57. The highest BCUT2D eigenvalue weighted by molar-refractivity contribution is 5.95. The average Bonchev–Trinajstić information content (AvgIpc) is 3.14. The summed E-state index contributed by atoms with van der Waals surface area (Å²) in [5.41, 5.74) is 2.58. The van der Waals surface area contributed by atoms with E-state index in [9.17, 15) is 9.59 Å². The molecule has 1 amide bonds. The molecule has 0 aliphatic carbocycles. The van der Waals surface area contributed by atoms with Crippen molar-refractivity contribution in [1.82, 2.24) is 19.2 Å². The summed E-state index contributed by atoms with van der Waals surface area (Å²) in [4.78, 5) is 25.6. The highest BCUT2D eigenvalue weighted by atomic mass is 16.4. The quantitative estimate of drug-likeness (QED) is 0.924. The van der Waals surface area contributed by atoms with Crippen LogP contribution in [-0.2, 0) is 18.4 Å². The van der Waals surface area contributed by atoms with E-state index in [4.69, 9.17) is 5.11 Å². The summed E-state index contributed by atoms with van der Waals surface area (Å²) in [6.45, 7) is 3.12. The highest BCUT2D eigenvalue weighted by Gasteiger charge is 2.28. The zero-order valence-corrected chi connectivity index (χ0v) is 14.0. The van der Waals surface area contributed by atoms with Crippen LogP contribution in [0.5, 0.6) is 0 Å². The number of likely N-dealkylation sites (tertiary alicyclic amines) is 1. The molecular weight excluding hydrogens is 308 g/mol. The van der Waals surface area contributed by atoms with Crippen molar-refractivity contribution in [3.63, 3.8) is 0 Å². The molecule has 1 saturated heterocycles. The van der Waals surface area contributed by atoms with Crippen molar-refractivity contribution >= 4 is 11.9 Å². The van der Waals surface area contributed by atoms with E-state index >= 15 is 0 Å². The number of aliphatic carboxylic acids is 1. The van der Waals surface area contributed by atoms with Crippen molar-refractivity contribution in [2.45, 2.75) is 32.2 Å². The predicted octanol–water partition coefficient (Wildman–Crippen LogP) is 1.63. The number of hydrogen-bond donors (Lipinski definition) is 1. The van der Waals surface area contributed by atoms with Gasteiger partial charge in [-0.3, -0.25) is 14.3 Å². The fourth-order valence-electron chi connectivity index (χ4n) is 3.36. The molecule has 7 heteroatoms. The van der Waals surface area contributed by atoms with Crippen LogP contribution in [-0.4, -0.2) is 49.3 Å². The summed E-state index contributed by atoms with van der Waals surface area (Å²) >= 11 is 0. The third-order valence-electron chi connectivity index (χ3n) is 4.78. The first-order valence-electron chi connectivity index (χ1n) is 8.12. The van der Waals surface area contributed by atoms with E-state index in [1.54, 1.807) is 6.20 Å². The van der Waals surface area contributed by atoms with Crippen molar-refractivity contribution < 1.29 is 14.7 Å². The molecule has 24 heavy (non-hydrogen) atoms. The van der Waals surface area contributed by atoms with Crippen LogP contribution in [0.25, 0.3) is 0 Å². The fourth-order valence-corrected chi connectivity index (χ4v) is 3.36. The van der Waals surface area contributed by atoms with Gasteiger partial charge in [-0.1, -0.05) is 0 Å². The van der Waals surface area contributed by atoms with Gasteiger partial charge in [-0.15, -0.1) is 0 Å². The molecule has 3 heterocycles. The van der Waals surface area contributed by atoms with E-state index in [1.807, 2.05) is 41.8 Å². The maximum Gasteiger partial charge on any atom is 0.325 e. The van der Waals surface area contributed by atoms with E-state index in [0.29, 0.717) is 6.54 Å². The number of carbonyl (C=O) groups excluding carboxylic acids is 1. The summed E-state index contributed by atoms with van der Waals surface area (Å²) in [7, 11) is 1.93. The maximum absolute atomic E-state index is 12.8. The molecule has 7 nitrogen and oxygen atoms in total. The number of nitrogens with zero attached hydrogens (tertiary/aromatic N) is 4. The second-order valence-electron chi connectivity index (χ2n) is 6.32. The minimum atomic E-state index is -0.913. The molecule has 1 fully saturated rings.